The molecule has 1 heterocycles. The lowest BCUT2D eigenvalue weighted by molar-refractivity contribution is -0.197. The molecule has 0 radical (unpaired) electrons. The van der Waals surface area contributed by atoms with E-state index in [0.29, 0.717) is 25.0 Å². The van der Waals surface area contributed by atoms with E-state index in [9.17, 15) is 18.0 Å². The average molecular weight is 260 g/mol. The molecule has 1 aliphatic rings. The normalized spacial score (nSPS) is 25.1. The molecule has 1 fully saturated rings. The van der Waals surface area contributed by atoms with Crippen molar-refractivity contribution in [2.24, 2.45) is 11.8 Å². The highest BCUT2D eigenvalue weighted by Gasteiger charge is 2.47. The van der Waals surface area contributed by atoms with E-state index in [2.05, 4.69) is 0 Å². The van der Waals surface area contributed by atoms with Gasteiger partial charge in [0.25, 0.3) is 0 Å². The van der Waals surface area contributed by atoms with Crippen LogP contribution in [-0.4, -0.2) is 12.0 Å². The third-order valence-corrected chi connectivity index (χ3v) is 3.53. The van der Waals surface area contributed by atoms with Gasteiger partial charge in [0.15, 0.2) is 0 Å². The molecule has 0 amide bonds. The summed E-state index contributed by atoms with van der Waals surface area (Å²) in [6, 6.07) is 3.24. The Kier molecular flexibility index (Phi) is 3.78. The van der Waals surface area contributed by atoms with Crippen molar-refractivity contribution in [1.82, 2.24) is 0 Å². The van der Waals surface area contributed by atoms with Crippen LogP contribution in [0.3, 0.4) is 0 Å². The van der Waals surface area contributed by atoms with Crippen LogP contribution in [0, 0.1) is 11.8 Å². The van der Waals surface area contributed by atoms with Crippen LogP contribution in [-0.2, 0) is 11.2 Å². The van der Waals surface area contributed by atoms with Gasteiger partial charge < -0.3 is 4.42 Å². The smallest absolute Gasteiger partial charge is 0.392 e. The van der Waals surface area contributed by atoms with Gasteiger partial charge in [0.1, 0.15) is 11.5 Å². The van der Waals surface area contributed by atoms with Gasteiger partial charge in [0.2, 0.25) is 0 Å². The van der Waals surface area contributed by atoms with Gasteiger partial charge in [-0.25, -0.2) is 0 Å². The first-order valence-electron chi connectivity index (χ1n) is 6.10. The molecule has 18 heavy (non-hydrogen) atoms. The summed E-state index contributed by atoms with van der Waals surface area (Å²) < 4.78 is 43.6. The number of alkyl halides is 3. The molecule has 2 unspecified atom stereocenters. The fraction of sp³-hybridized carbons (Fsp3) is 0.615. The highest BCUT2D eigenvalue weighted by atomic mass is 19.4. The Morgan fingerprint density at radius 1 is 1.33 bits per heavy atom. The van der Waals surface area contributed by atoms with Crippen LogP contribution < -0.4 is 0 Å². The SMILES string of the molecule is O=C(Cc1ccco1)C1CCCCC1C(F)(F)F. The lowest BCUT2D eigenvalue weighted by Gasteiger charge is -2.31. The number of halogens is 3. The van der Waals surface area contributed by atoms with E-state index in [1.807, 2.05) is 0 Å². The molecule has 2 rings (SSSR count). The zero-order valence-electron chi connectivity index (χ0n) is 9.87. The molecule has 0 N–H and O–H groups in total. The molecule has 100 valence electrons. The van der Waals surface area contributed by atoms with Crippen molar-refractivity contribution in [3.05, 3.63) is 24.2 Å². The van der Waals surface area contributed by atoms with Crippen LogP contribution in [0.15, 0.2) is 22.8 Å². The van der Waals surface area contributed by atoms with Crippen LogP contribution in [0.1, 0.15) is 31.4 Å². The minimum atomic E-state index is -4.27. The molecule has 1 saturated carbocycles. The maximum atomic E-state index is 12.9. The van der Waals surface area contributed by atoms with E-state index in [1.165, 1.54) is 6.26 Å². The van der Waals surface area contributed by atoms with Gasteiger partial charge in [-0.05, 0) is 25.0 Å². The predicted molar refractivity (Wildman–Crippen MR) is 58.9 cm³/mol. The van der Waals surface area contributed by atoms with E-state index in [1.54, 1.807) is 12.1 Å². The third kappa shape index (κ3) is 2.94. The third-order valence-electron chi connectivity index (χ3n) is 3.53. The van der Waals surface area contributed by atoms with E-state index >= 15 is 0 Å². The van der Waals surface area contributed by atoms with Crippen molar-refractivity contribution in [3.8, 4) is 0 Å². The lowest BCUT2D eigenvalue weighted by Crippen LogP contribution is -2.37. The monoisotopic (exact) mass is 260 g/mol. The Morgan fingerprint density at radius 3 is 2.67 bits per heavy atom. The standard InChI is InChI=1S/C13H15F3O2/c14-13(15,16)11-6-2-1-5-10(11)12(17)8-9-4-3-7-18-9/h3-4,7,10-11H,1-2,5-6,8H2. The number of carbonyl (C=O) groups excluding carboxylic acids is 1. The molecule has 1 aliphatic carbocycles. The van der Waals surface area contributed by atoms with E-state index in [0.717, 1.165) is 0 Å². The number of hydrogen-bond donors (Lipinski definition) is 0. The van der Waals surface area contributed by atoms with Crippen molar-refractivity contribution >= 4 is 5.78 Å². The second kappa shape index (κ2) is 5.16. The highest BCUT2D eigenvalue weighted by molar-refractivity contribution is 5.83. The number of carbonyl (C=O) groups is 1. The van der Waals surface area contributed by atoms with Crippen LogP contribution in [0.25, 0.3) is 0 Å². The second-order valence-electron chi connectivity index (χ2n) is 4.76. The van der Waals surface area contributed by atoms with Crippen molar-refractivity contribution in [2.45, 2.75) is 38.3 Å². The zero-order chi connectivity index (χ0) is 13.2. The first-order valence-corrected chi connectivity index (χ1v) is 6.10. The lowest BCUT2D eigenvalue weighted by atomic mass is 9.75. The molecule has 0 aliphatic heterocycles. The number of Topliss-reactive ketones (excluding diaryl/α,β-unsaturated/α-hetero) is 1. The van der Waals surface area contributed by atoms with Crippen molar-refractivity contribution < 1.29 is 22.4 Å². The summed E-state index contributed by atoms with van der Waals surface area (Å²) >= 11 is 0. The first-order chi connectivity index (χ1) is 8.48. The minimum Gasteiger partial charge on any atom is -0.469 e. The van der Waals surface area contributed by atoms with Gasteiger partial charge in [-0.15, -0.1) is 0 Å². The molecule has 0 bridgehead atoms. The first kappa shape index (κ1) is 13.2. The zero-order valence-corrected chi connectivity index (χ0v) is 9.87. The fourth-order valence-electron chi connectivity index (χ4n) is 2.62. The van der Waals surface area contributed by atoms with Gasteiger partial charge in [-0.3, -0.25) is 4.79 Å². The topological polar surface area (TPSA) is 30.2 Å². The van der Waals surface area contributed by atoms with Crippen molar-refractivity contribution in [2.75, 3.05) is 0 Å². The second-order valence-corrected chi connectivity index (χ2v) is 4.76. The Hall–Kier alpha value is -1.26. The summed E-state index contributed by atoms with van der Waals surface area (Å²) in [4.78, 5) is 12.0. The van der Waals surface area contributed by atoms with Gasteiger partial charge in [0.05, 0.1) is 18.6 Å². The van der Waals surface area contributed by atoms with E-state index in [-0.39, 0.29) is 18.6 Å². The van der Waals surface area contributed by atoms with Gasteiger partial charge in [0, 0.05) is 5.92 Å². The number of rotatable bonds is 3. The number of furan rings is 1. The van der Waals surface area contributed by atoms with E-state index in [4.69, 9.17) is 4.42 Å². The summed E-state index contributed by atoms with van der Waals surface area (Å²) in [6.45, 7) is 0. The minimum absolute atomic E-state index is 0.0375. The van der Waals surface area contributed by atoms with Gasteiger partial charge in [-0.1, -0.05) is 12.8 Å². The largest absolute Gasteiger partial charge is 0.469 e. The highest BCUT2D eigenvalue weighted by Crippen LogP contribution is 2.42. The molecule has 0 aromatic carbocycles. The fourth-order valence-corrected chi connectivity index (χ4v) is 2.62. The Balaban J connectivity index is 2.06. The summed E-state index contributed by atoms with van der Waals surface area (Å²) in [6.07, 6.45) is -1.24. The Labute approximate surface area is 103 Å². The van der Waals surface area contributed by atoms with Crippen LogP contribution in [0.5, 0.6) is 0 Å². The van der Waals surface area contributed by atoms with Crippen LogP contribution in [0.2, 0.25) is 0 Å². The molecule has 0 spiro atoms. The molecule has 1 aromatic heterocycles. The molecule has 0 saturated heterocycles. The van der Waals surface area contributed by atoms with Crippen LogP contribution in [0.4, 0.5) is 13.2 Å². The summed E-state index contributed by atoms with van der Waals surface area (Å²) in [5.41, 5.74) is 0. The summed E-state index contributed by atoms with van der Waals surface area (Å²) in [5, 5.41) is 0. The average Bonchev–Trinajstić information content (AvgIpc) is 2.80. The van der Waals surface area contributed by atoms with Crippen molar-refractivity contribution in [3.63, 3.8) is 0 Å². The van der Waals surface area contributed by atoms with E-state index < -0.39 is 18.0 Å². The number of ketones is 1. The quantitative estimate of drug-likeness (QED) is 0.828. The molecule has 1 aromatic rings. The summed E-state index contributed by atoms with van der Waals surface area (Å²) in [5.74, 6) is -2.30. The van der Waals surface area contributed by atoms with Crippen LogP contribution >= 0.6 is 0 Å². The van der Waals surface area contributed by atoms with Gasteiger partial charge in [-0.2, -0.15) is 13.2 Å². The maximum Gasteiger partial charge on any atom is 0.392 e. The Morgan fingerprint density at radius 2 is 2.06 bits per heavy atom. The summed E-state index contributed by atoms with van der Waals surface area (Å²) in [7, 11) is 0. The predicted octanol–water partition coefficient (Wildman–Crippen LogP) is 3.76. The molecule has 5 heteroatoms. The number of hydrogen-bond acceptors (Lipinski definition) is 2. The van der Waals surface area contributed by atoms with Crippen molar-refractivity contribution in [1.29, 1.82) is 0 Å². The molecular formula is C13H15F3O2. The van der Waals surface area contributed by atoms with Gasteiger partial charge >= 0.3 is 6.18 Å². The molecular weight excluding hydrogens is 245 g/mol. The molecule has 2 nitrogen and oxygen atoms in total. The Bertz CT molecular complexity index is 395. The molecule has 2 atom stereocenters. The maximum absolute atomic E-state index is 12.9.